The normalized spacial score (nSPS) is 20.0. The summed E-state index contributed by atoms with van der Waals surface area (Å²) >= 11 is 0. The van der Waals surface area contributed by atoms with Crippen LogP contribution in [0.1, 0.15) is 59.6 Å². The highest BCUT2D eigenvalue weighted by Crippen LogP contribution is 2.39. The van der Waals surface area contributed by atoms with Crippen LogP contribution < -0.4 is 16.4 Å². The van der Waals surface area contributed by atoms with E-state index in [0.29, 0.717) is 41.9 Å². The fraction of sp³-hybridized carbons (Fsp3) is 0.323. The van der Waals surface area contributed by atoms with Crippen molar-refractivity contribution in [1.82, 2.24) is 25.1 Å². The maximum Gasteiger partial charge on any atom is 0.416 e. The van der Waals surface area contributed by atoms with Crippen molar-refractivity contribution in [3.63, 3.8) is 0 Å². The van der Waals surface area contributed by atoms with Crippen LogP contribution in [0, 0.1) is 0 Å². The summed E-state index contributed by atoms with van der Waals surface area (Å²) in [4.78, 5) is 33.6. The van der Waals surface area contributed by atoms with Crippen molar-refractivity contribution in [3.8, 4) is 11.3 Å². The van der Waals surface area contributed by atoms with Gasteiger partial charge in [-0.2, -0.15) is 18.3 Å². The van der Waals surface area contributed by atoms with E-state index in [9.17, 15) is 22.8 Å². The Labute approximate surface area is 250 Å². The van der Waals surface area contributed by atoms with E-state index in [0.717, 1.165) is 48.7 Å². The van der Waals surface area contributed by atoms with E-state index in [-0.39, 0.29) is 36.0 Å². The van der Waals surface area contributed by atoms with Crippen molar-refractivity contribution in [3.05, 3.63) is 71.6 Å². The van der Waals surface area contributed by atoms with Crippen molar-refractivity contribution in [2.75, 3.05) is 24.3 Å². The second-order valence-electron chi connectivity index (χ2n) is 10.9. The van der Waals surface area contributed by atoms with E-state index in [2.05, 4.69) is 20.6 Å². The third-order valence-corrected chi connectivity index (χ3v) is 7.85. The molecule has 13 heteroatoms. The zero-order valence-corrected chi connectivity index (χ0v) is 23.6. The smallest absolute Gasteiger partial charge is 0.383 e. The molecule has 44 heavy (non-hydrogen) atoms. The Morgan fingerprint density at radius 3 is 2.75 bits per heavy atom. The van der Waals surface area contributed by atoms with Crippen molar-refractivity contribution < 1.29 is 27.5 Å². The highest BCUT2D eigenvalue weighted by molar-refractivity contribution is 6.06. The van der Waals surface area contributed by atoms with E-state index in [1.165, 1.54) is 0 Å². The molecule has 1 aromatic carbocycles. The molecule has 228 valence electrons. The number of hydrogen-bond acceptors (Lipinski definition) is 7. The first-order valence-electron chi connectivity index (χ1n) is 14.3. The number of anilines is 2. The maximum absolute atomic E-state index is 13.1. The van der Waals surface area contributed by atoms with Crippen LogP contribution in [-0.4, -0.2) is 50.8 Å². The monoisotopic (exact) mass is 605 g/mol. The van der Waals surface area contributed by atoms with Crippen molar-refractivity contribution in [2.24, 2.45) is 0 Å². The molecule has 0 radical (unpaired) electrons. The number of rotatable bonds is 3. The molecule has 4 N–H and O–H groups in total. The number of nitrogen functional groups attached to an aromatic ring is 1. The number of hydrogen-bond donors (Lipinski definition) is 3. The van der Waals surface area contributed by atoms with E-state index in [1.54, 1.807) is 30.5 Å². The fourth-order valence-electron chi connectivity index (χ4n) is 5.76. The summed E-state index contributed by atoms with van der Waals surface area (Å²) in [7, 11) is 0. The summed E-state index contributed by atoms with van der Waals surface area (Å²) < 4.78 is 46.8. The van der Waals surface area contributed by atoms with Gasteiger partial charge in [0.15, 0.2) is 0 Å². The second-order valence-corrected chi connectivity index (χ2v) is 10.9. The first-order valence-corrected chi connectivity index (χ1v) is 14.3. The number of pyridine rings is 2. The Balaban J connectivity index is 1.35. The Kier molecular flexibility index (Phi) is 8.04. The van der Waals surface area contributed by atoms with Gasteiger partial charge < -0.3 is 21.1 Å². The molecular weight excluding hydrogens is 575 g/mol. The molecule has 1 saturated carbocycles. The highest BCUT2D eigenvalue weighted by Gasteiger charge is 2.31. The van der Waals surface area contributed by atoms with Crippen LogP contribution in [0.4, 0.5) is 24.8 Å². The SMILES string of the molecule is Nc1ncc2c3c1c(-c1ccc(C(=O)Nc4cc(C(F)(F)F)ccn4)cc1)nn3[C@@H]1CCC[C@H](C1)NC(=O)COCC/C=C/2. The maximum atomic E-state index is 13.1. The quantitative estimate of drug-likeness (QED) is 0.285. The molecule has 4 aromatic rings. The van der Waals surface area contributed by atoms with Gasteiger partial charge in [0.1, 0.15) is 23.9 Å². The molecule has 10 nitrogen and oxygen atoms in total. The lowest BCUT2D eigenvalue weighted by molar-refractivity contribution is -0.137. The topological polar surface area (TPSA) is 137 Å². The molecule has 6 rings (SSSR count). The number of nitrogens with two attached hydrogens (primary N) is 1. The Bertz CT molecular complexity index is 1730. The first kappa shape index (κ1) is 29.3. The van der Waals surface area contributed by atoms with Gasteiger partial charge in [0.25, 0.3) is 5.91 Å². The molecule has 1 fully saturated rings. The van der Waals surface area contributed by atoms with E-state index in [1.807, 2.05) is 16.8 Å². The Hall–Kier alpha value is -4.78. The predicted octanol–water partition coefficient (Wildman–Crippen LogP) is 5.38. The minimum atomic E-state index is -4.56. The number of halogens is 3. The van der Waals surface area contributed by atoms with E-state index >= 15 is 0 Å². The molecular formula is C31H30F3N7O3. The van der Waals surface area contributed by atoms with Crippen molar-refractivity contribution in [2.45, 2.75) is 50.4 Å². The molecule has 0 spiro atoms. The number of nitrogens with zero attached hydrogens (tertiary/aromatic N) is 4. The minimum absolute atomic E-state index is 0.00637. The van der Waals surface area contributed by atoms with Crippen molar-refractivity contribution >= 4 is 40.4 Å². The number of fused-ring (bicyclic) bond motifs is 3. The number of nitrogens with one attached hydrogen (secondary N) is 2. The van der Waals surface area contributed by atoms with Crippen LogP contribution >= 0.6 is 0 Å². The molecule has 2 amide bonds. The van der Waals surface area contributed by atoms with Gasteiger partial charge in [0, 0.05) is 35.1 Å². The lowest BCUT2D eigenvalue weighted by atomic mass is 9.90. The van der Waals surface area contributed by atoms with Gasteiger partial charge >= 0.3 is 6.18 Å². The van der Waals surface area contributed by atoms with Gasteiger partial charge in [-0.3, -0.25) is 14.3 Å². The predicted molar refractivity (Wildman–Crippen MR) is 158 cm³/mol. The van der Waals surface area contributed by atoms with Gasteiger partial charge in [0.05, 0.1) is 29.1 Å². The Morgan fingerprint density at radius 1 is 1.14 bits per heavy atom. The minimum Gasteiger partial charge on any atom is -0.383 e. The zero-order valence-electron chi connectivity index (χ0n) is 23.6. The summed E-state index contributed by atoms with van der Waals surface area (Å²) in [6.45, 7) is 0.418. The number of benzene rings is 1. The summed E-state index contributed by atoms with van der Waals surface area (Å²) in [5.41, 5.74) is 8.72. The molecule has 1 aliphatic carbocycles. The van der Waals surface area contributed by atoms with Gasteiger partial charge in [-0.15, -0.1) is 0 Å². The third-order valence-electron chi connectivity index (χ3n) is 7.85. The van der Waals surface area contributed by atoms with Crippen LogP contribution in [0.15, 0.2) is 54.9 Å². The number of amides is 2. The summed E-state index contributed by atoms with van der Waals surface area (Å²) in [6, 6.07) is 8.16. The standard InChI is InChI=1S/C31H30F3N7O3/c32-31(33,34)21-11-12-36-24(14-21)39-30(43)19-9-7-18(8-10-19)27-26-28-20(16-37-29(26)35)4-1-2-13-44-17-25(42)38-22-5-3-6-23(15-22)41(28)40-27/h1,4,7-12,14,16,22-23H,2-3,5-6,13,15,17H2,(H2,35,37)(H,38,42)(H,36,39,43)/b4-1+/t22-,23-/m1/s1. The van der Waals surface area contributed by atoms with Gasteiger partial charge in [-0.1, -0.05) is 24.3 Å². The molecule has 0 unspecified atom stereocenters. The molecule has 3 aromatic heterocycles. The fourth-order valence-corrected chi connectivity index (χ4v) is 5.76. The first-order chi connectivity index (χ1) is 21.2. The molecule has 4 heterocycles. The number of alkyl halides is 3. The lowest BCUT2D eigenvalue weighted by Crippen LogP contribution is -2.40. The average Bonchev–Trinajstić information content (AvgIpc) is 3.41. The van der Waals surface area contributed by atoms with E-state index in [4.69, 9.17) is 15.6 Å². The van der Waals surface area contributed by atoms with Gasteiger partial charge in [-0.25, -0.2) is 9.97 Å². The average molecular weight is 606 g/mol. The lowest BCUT2D eigenvalue weighted by Gasteiger charge is -2.30. The number of carbonyl (C=O) groups is 2. The van der Waals surface area contributed by atoms with E-state index < -0.39 is 17.6 Å². The van der Waals surface area contributed by atoms with Gasteiger partial charge in [0.2, 0.25) is 5.91 Å². The van der Waals surface area contributed by atoms with Crippen molar-refractivity contribution in [1.29, 1.82) is 0 Å². The second kappa shape index (κ2) is 12.1. The van der Waals surface area contributed by atoms with Crippen LogP contribution in [0.5, 0.6) is 0 Å². The Morgan fingerprint density at radius 2 is 1.95 bits per heavy atom. The zero-order chi connectivity index (χ0) is 30.8. The van der Waals surface area contributed by atoms with Gasteiger partial charge in [-0.05, 0) is 56.4 Å². The number of carbonyl (C=O) groups excluding carboxylic acids is 2. The van der Waals surface area contributed by atoms with Crippen LogP contribution in [-0.2, 0) is 15.7 Å². The number of ether oxygens (including phenoxy) is 1. The molecule has 0 saturated heterocycles. The molecule has 2 atom stereocenters. The van der Waals surface area contributed by atoms with Crippen LogP contribution in [0.2, 0.25) is 0 Å². The van der Waals surface area contributed by atoms with Crippen LogP contribution in [0.3, 0.4) is 0 Å². The third kappa shape index (κ3) is 6.13. The van der Waals surface area contributed by atoms with Crippen LogP contribution in [0.25, 0.3) is 28.2 Å². The molecule has 2 aliphatic rings. The molecule has 2 bridgehead atoms. The summed E-state index contributed by atoms with van der Waals surface area (Å²) in [5.74, 6) is -0.642. The summed E-state index contributed by atoms with van der Waals surface area (Å²) in [6.07, 6.45) is 6.02. The largest absolute Gasteiger partial charge is 0.416 e. The highest BCUT2D eigenvalue weighted by atomic mass is 19.4. The molecule has 1 aliphatic heterocycles. The summed E-state index contributed by atoms with van der Waals surface area (Å²) in [5, 5.41) is 11.2. The number of aromatic nitrogens is 4.